The fourth-order valence-electron chi connectivity index (χ4n) is 1.76. The van der Waals surface area contributed by atoms with E-state index < -0.39 is 28.8 Å². The highest BCUT2D eigenvalue weighted by atomic mass is 32.2. The van der Waals surface area contributed by atoms with Gasteiger partial charge in [0.1, 0.15) is 0 Å². The van der Waals surface area contributed by atoms with Crippen LogP contribution in [0.3, 0.4) is 0 Å². The molecule has 6 nitrogen and oxygen atoms in total. The van der Waals surface area contributed by atoms with E-state index in [-0.39, 0.29) is 11.3 Å². The third-order valence-corrected chi connectivity index (χ3v) is 5.18. The number of nitrogens with one attached hydrogen (secondary N) is 1. The van der Waals surface area contributed by atoms with Crippen LogP contribution in [0.5, 0.6) is 0 Å². The van der Waals surface area contributed by atoms with Crippen LogP contribution >= 0.6 is 0 Å². The molecule has 0 aromatic heterocycles. The topological polar surface area (TPSA) is 113 Å². The predicted octanol–water partition coefficient (Wildman–Crippen LogP) is 0.297. The first-order valence-electron chi connectivity index (χ1n) is 6.34. The first kappa shape index (κ1) is 16.9. The summed E-state index contributed by atoms with van der Waals surface area (Å²) in [5, 5.41) is 18.7. The van der Waals surface area contributed by atoms with Crippen LogP contribution in [0, 0.1) is 13.8 Å². The van der Waals surface area contributed by atoms with E-state index in [1.54, 1.807) is 13.8 Å². The van der Waals surface area contributed by atoms with Gasteiger partial charge >= 0.3 is 0 Å². The Morgan fingerprint density at radius 1 is 1.25 bits per heavy atom. The average Bonchev–Trinajstić information content (AvgIpc) is 2.41. The Hall–Kier alpha value is -1.15. The van der Waals surface area contributed by atoms with Gasteiger partial charge in [0.15, 0.2) is 0 Å². The molecular weight excluding hydrogens is 280 g/mol. The van der Waals surface area contributed by atoms with Crippen LogP contribution in [0.1, 0.15) is 24.5 Å². The molecule has 114 valence electrons. The van der Waals surface area contributed by atoms with E-state index in [1.807, 2.05) is 6.92 Å². The molecule has 1 aromatic carbocycles. The van der Waals surface area contributed by atoms with Gasteiger partial charge in [0.2, 0.25) is 10.0 Å². The number of aliphatic hydroxyl groups excluding tert-OH is 2. The summed E-state index contributed by atoms with van der Waals surface area (Å²) in [6, 6.07) is 2.89. The second kappa shape index (κ2) is 6.09. The zero-order valence-corrected chi connectivity index (χ0v) is 12.8. The van der Waals surface area contributed by atoms with E-state index in [1.165, 1.54) is 12.1 Å². The molecule has 0 unspecified atom stereocenters. The monoisotopic (exact) mass is 302 g/mol. The van der Waals surface area contributed by atoms with Gasteiger partial charge in [-0.15, -0.1) is 0 Å². The molecular formula is C13H22N2O4S. The Balaban J connectivity index is 3.24. The number of hydrogen-bond acceptors (Lipinski definition) is 5. The van der Waals surface area contributed by atoms with E-state index in [2.05, 4.69) is 4.72 Å². The third-order valence-electron chi connectivity index (χ3n) is 3.62. The van der Waals surface area contributed by atoms with Crippen molar-refractivity contribution in [2.75, 3.05) is 18.9 Å². The molecule has 0 heterocycles. The van der Waals surface area contributed by atoms with Crippen molar-refractivity contribution < 1.29 is 18.6 Å². The number of hydrogen-bond donors (Lipinski definition) is 4. The summed E-state index contributed by atoms with van der Waals surface area (Å²) in [4.78, 5) is 0.0258. The number of benzene rings is 1. The molecule has 1 rings (SSSR count). The van der Waals surface area contributed by atoms with E-state index in [9.17, 15) is 18.6 Å². The molecule has 0 spiro atoms. The van der Waals surface area contributed by atoms with Crippen LogP contribution in [0.4, 0.5) is 5.69 Å². The molecule has 7 heteroatoms. The molecule has 0 amide bonds. The van der Waals surface area contributed by atoms with E-state index in [0.717, 1.165) is 11.1 Å². The summed E-state index contributed by atoms with van der Waals surface area (Å²) in [5.74, 6) is 0. The molecule has 0 atom stereocenters. The maximum atomic E-state index is 12.4. The van der Waals surface area contributed by atoms with E-state index in [0.29, 0.717) is 5.69 Å². The molecule has 0 bridgehead atoms. The highest BCUT2D eigenvalue weighted by molar-refractivity contribution is 7.89. The highest BCUT2D eigenvalue weighted by Gasteiger charge is 2.32. The first-order chi connectivity index (χ1) is 9.21. The van der Waals surface area contributed by atoms with Gasteiger partial charge in [0.05, 0.1) is 23.6 Å². The lowest BCUT2D eigenvalue weighted by atomic mass is 10.0. The Morgan fingerprint density at radius 3 is 2.20 bits per heavy atom. The van der Waals surface area contributed by atoms with Crippen molar-refractivity contribution in [3.05, 3.63) is 23.3 Å². The normalized spacial score (nSPS) is 12.7. The number of sulfonamides is 1. The molecule has 0 aliphatic heterocycles. The number of nitrogen functional groups attached to an aromatic ring is 1. The van der Waals surface area contributed by atoms with Crippen LogP contribution in [-0.4, -0.2) is 37.4 Å². The fraction of sp³-hybridized carbons (Fsp3) is 0.538. The highest BCUT2D eigenvalue weighted by Crippen LogP contribution is 2.23. The predicted molar refractivity (Wildman–Crippen MR) is 77.8 cm³/mol. The summed E-state index contributed by atoms with van der Waals surface area (Å²) in [7, 11) is -3.87. The molecule has 0 saturated heterocycles. The minimum atomic E-state index is -3.87. The Kier molecular flexibility index (Phi) is 5.15. The van der Waals surface area contributed by atoms with Crippen molar-refractivity contribution in [3.63, 3.8) is 0 Å². The molecule has 0 fully saturated rings. The second-order valence-corrected chi connectivity index (χ2v) is 6.69. The molecule has 5 N–H and O–H groups in total. The van der Waals surface area contributed by atoms with Crippen LogP contribution in [0.2, 0.25) is 0 Å². The third kappa shape index (κ3) is 3.29. The van der Waals surface area contributed by atoms with Crippen molar-refractivity contribution in [2.24, 2.45) is 0 Å². The van der Waals surface area contributed by atoms with Crippen molar-refractivity contribution in [2.45, 2.75) is 37.6 Å². The molecule has 0 aliphatic rings. The Labute approximate surface area is 119 Å². The zero-order valence-electron chi connectivity index (χ0n) is 12.0. The van der Waals surface area contributed by atoms with Crippen LogP contribution in [0.15, 0.2) is 17.0 Å². The van der Waals surface area contributed by atoms with Crippen molar-refractivity contribution >= 4 is 15.7 Å². The maximum Gasteiger partial charge on any atom is 0.241 e. The van der Waals surface area contributed by atoms with Crippen molar-refractivity contribution in [1.29, 1.82) is 0 Å². The number of rotatable bonds is 6. The number of aryl methyl sites for hydroxylation is 1. The molecule has 0 radical (unpaired) electrons. The minimum absolute atomic E-state index is 0.0258. The van der Waals surface area contributed by atoms with Gasteiger partial charge in [-0.05, 0) is 43.5 Å². The smallest absolute Gasteiger partial charge is 0.241 e. The summed E-state index contributed by atoms with van der Waals surface area (Å²) in [5.41, 5.74) is 6.50. The molecule has 1 aromatic rings. The van der Waals surface area contributed by atoms with Gasteiger partial charge in [-0.25, -0.2) is 13.1 Å². The lowest BCUT2D eigenvalue weighted by molar-refractivity contribution is 0.105. The first-order valence-corrected chi connectivity index (χ1v) is 7.82. The van der Waals surface area contributed by atoms with E-state index >= 15 is 0 Å². The van der Waals surface area contributed by atoms with E-state index in [4.69, 9.17) is 5.73 Å². The van der Waals surface area contributed by atoms with Gasteiger partial charge in [-0.1, -0.05) is 6.92 Å². The van der Waals surface area contributed by atoms with Crippen LogP contribution in [0.25, 0.3) is 0 Å². The maximum absolute atomic E-state index is 12.4. The second-order valence-electron chi connectivity index (χ2n) is 5.01. The standard InChI is InChI=1S/C13H22N2O4S/c1-4-13(7-16,8-17)15-20(18,19)11-5-9(2)10(3)12(14)6-11/h5-6,15-17H,4,7-8,14H2,1-3H3. The largest absolute Gasteiger partial charge is 0.398 e. The summed E-state index contributed by atoms with van der Waals surface area (Å²) >= 11 is 0. The van der Waals surface area contributed by atoms with Gasteiger partial charge in [0.25, 0.3) is 0 Å². The molecule has 20 heavy (non-hydrogen) atoms. The Morgan fingerprint density at radius 2 is 1.80 bits per heavy atom. The number of nitrogens with two attached hydrogens (primary N) is 1. The van der Waals surface area contributed by atoms with Crippen LogP contribution < -0.4 is 10.5 Å². The van der Waals surface area contributed by atoms with Crippen LogP contribution in [-0.2, 0) is 10.0 Å². The average molecular weight is 302 g/mol. The summed E-state index contributed by atoms with van der Waals surface area (Å²) in [6.45, 7) is 4.30. The molecule has 0 aliphatic carbocycles. The quantitative estimate of drug-likeness (QED) is 0.564. The zero-order chi connectivity index (χ0) is 15.6. The fourth-order valence-corrected chi connectivity index (χ4v) is 3.34. The SMILES string of the molecule is CCC(CO)(CO)NS(=O)(=O)c1cc(C)c(C)c(N)c1. The van der Waals surface area contributed by atoms with Gasteiger partial charge in [-0.2, -0.15) is 0 Å². The number of aliphatic hydroxyl groups is 2. The lowest BCUT2D eigenvalue weighted by Gasteiger charge is -2.29. The molecule has 0 saturated carbocycles. The Bertz CT molecular complexity index is 549. The van der Waals surface area contributed by atoms with Crippen molar-refractivity contribution in [3.8, 4) is 0 Å². The lowest BCUT2D eigenvalue weighted by Crippen LogP contribution is -2.53. The van der Waals surface area contributed by atoms with Crippen molar-refractivity contribution in [1.82, 2.24) is 4.72 Å². The van der Waals surface area contributed by atoms with Gasteiger partial charge < -0.3 is 15.9 Å². The summed E-state index contributed by atoms with van der Waals surface area (Å²) < 4.78 is 27.1. The van der Waals surface area contributed by atoms with Gasteiger partial charge in [-0.3, -0.25) is 0 Å². The minimum Gasteiger partial charge on any atom is -0.398 e. The number of anilines is 1. The summed E-state index contributed by atoms with van der Waals surface area (Å²) in [6.07, 6.45) is 0.263. The van der Waals surface area contributed by atoms with Gasteiger partial charge in [0, 0.05) is 5.69 Å².